The quantitative estimate of drug-likeness (QED) is 0.260. The highest BCUT2D eigenvalue weighted by Gasteiger charge is 2.75. The lowest BCUT2D eigenvalue weighted by atomic mass is 9.70. The normalized spacial score (nSPS) is 27.6. The topological polar surface area (TPSA) is 125 Å². The van der Waals surface area contributed by atoms with Crippen LogP contribution in [0.3, 0.4) is 0 Å². The molecule has 1 aromatic rings. The molecule has 3 saturated heterocycles. The number of aliphatic hydroxyl groups excluding tert-OH is 1. The van der Waals surface area contributed by atoms with Crippen molar-refractivity contribution >= 4 is 23.7 Å². The molecule has 3 heterocycles. The molecule has 1 aromatic carbocycles. The summed E-state index contributed by atoms with van der Waals surface area (Å²) in [5, 5.41) is 12.8. The minimum absolute atomic E-state index is 0.133. The third kappa shape index (κ3) is 5.94. The molecule has 4 rings (SSSR count). The van der Waals surface area contributed by atoms with Crippen molar-refractivity contribution in [3.05, 3.63) is 61.2 Å². The molecule has 3 amide bonds. The summed E-state index contributed by atoms with van der Waals surface area (Å²) in [6, 6.07) is 7.86. The van der Waals surface area contributed by atoms with Crippen LogP contribution in [-0.4, -0.2) is 88.2 Å². The van der Waals surface area contributed by atoms with E-state index in [0.29, 0.717) is 32.2 Å². The number of rotatable bonds is 14. The Morgan fingerprint density at radius 3 is 2.63 bits per heavy atom. The number of carbonyl (C=O) groups is 4. The Bertz CT molecular complexity index is 1160. The molecular formula is C31H41N3O7. The molecule has 0 unspecified atom stereocenters. The summed E-state index contributed by atoms with van der Waals surface area (Å²) in [4.78, 5) is 56.8. The Balaban J connectivity index is 1.57. The van der Waals surface area contributed by atoms with E-state index in [1.165, 1.54) is 4.90 Å². The number of ether oxygens (including phenoxy) is 2. The van der Waals surface area contributed by atoms with Crippen LogP contribution in [0.25, 0.3) is 0 Å². The first-order valence-corrected chi connectivity index (χ1v) is 14.3. The highest BCUT2D eigenvalue weighted by atomic mass is 16.6. The average molecular weight is 568 g/mol. The van der Waals surface area contributed by atoms with E-state index in [1.807, 2.05) is 30.3 Å². The molecule has 41 heavy (non-hydrogen) atoms. The zero-order valence-electron chi connectivity index (χ0n) is 23.9. The molecule has 0 aliphatic carbocycles. The van der Waals surface area contributed by atoms with E-state index in [2.05, 4.69) is 18.5 Å². The number of allylic oxidation sites excluding steroid dienone is 1. The van der Waals surface area contributed by atoms with E-state index in [0.717, 1.165) is 5.56 Å². The summed E-state index contributed by atoms with van der Waals surface area (Å²) in [6.45, 7) is 11.1. The summed E-state index contributed by atoms with van der Waals surface area (Å²) in [6.07, 6.45) is 3.89. The van der Waals surface area contributed by atoms with Gasteiger partial charge in [0, 0.05) is 19.5 Å². The number of likely N-dealkylation sites (tertiary alicyclic amines) is 1. The van der Waals surface area contributed by atoms with Crippen molar-refractivity contribution in [1.82, 2.24) is 15.1 Å². The number of nitrogens with one attached hydrogen (secondary N) is 1. The van der Waals surface area contributed by atoms with E-state index in [-0.39, 0.29) is 31.5 Å². The second-order valence-corrected chi connectivity index (χ2v) is 11.2. The third-order valence-corrected chi connectivity index (χ3v) is 8.34. The highest BCUT2D eigenvalue weighted by Crippen LogP contribution is 2.59. The molecule has 3 aliphatic heterocycles. The van der Waals surface area contributed by atoms with Crippen LogP contribution in [0.2, 0.25) is 0 Å². The van der Waals surface area contributed by atoms with Gasteiger partial charge in [0.15, 0.2) is 0 Å². The number of carbonyl (C=O) groups excluding carboxylic acids is 4. The van der Waals surface area contributed by atoms with E-state index in [1.54, 1.807) is 30.9 Å². The van der Waals surface area contributed by atoms with E-state index >= 15 is 0 Å². The summed E-state index contributed by atoms with van der Waals surface area (Å²) < 4.78 is 12.1. The first-order valence-electron chi connectivity index (χ1n) is 14.3. The second kappa shape index (κ2) is 13.0. The Morgan fingerprint density at radius 2 is 1.98 bits per heavy atom. The highest BCUT2D eigenvalue weighted by molar-refractivity contribution is 5.98. The van der Waals surface area contributed by atoms with Gasteiger partial charge >= 0.3 is 5.97 Å². The average Bonchev–Trinajstić information content (AvgIpc) is 3.61. The molecule has 0 radical (unpaired) electrons. The zero-order chi connectivity index (χ0) is 29.7. The molecule has 3 aliphatic rings. The fraction of sp³-hybridized carbons (Fsp3) is 0.548. The number of fused-ring (bicyclic) bond motifs is 1. The Hall–Kier alpha value is -3.50. The molecule has 2 N–H and O–H groups in total. The number of amides is 3. The van der Waals surface area contributed by atoms with E-state index in [4.69, 9.17) is 9.47 Å². The number of esters is 1. The van der Waals surface area contributed by atoms with Crippen LogP contribution >= 0.6 is 0 Å². The summed E-state index contributed by atoms with van der Waals surface area (Å²) in [7, 11) is 0. The van der Waals surface area contributed by atoms with Crippen LogP contribution in [-0.2, 0) is 35.2 Å². The fourth-order valence-electron chi connectivity index (χ4n) is 6.46. The van der Waals surface area contributed by atoms with Crippen molar-refractivity contribution in [2.75, 3.05) is 19.7 Å². The fourth-order valence-corrected chi connectivity index (χ4v) is 6.46. The first-order chi connectivity index (χ1) is 19.7. The minimum Gasteiger partial charge on any atom is -0.460 e. The van der Waals surface area contributed by atoms with Crippen LogP contribution in [0, 0.1) is 11.8 Å². The van der Waals surface area contributed by atoms with Crippen LogP contribution in [0.1, 0.15) is 45.1 Å². The van der Waals surface area contributed by atoms with Crippen LogP contribution < -0.4 is 5.32 Å². The predicted molar refractivity (Wildman–Crippen MR) is 151 cm³/mol. The number of hydrogen-bond acceptors (Lipinski definition) is 7. The van der Waals surface area contributed by atoms with Crippen molar-refractivity contribution in [2.45, 2.75) is 76.0 Å². The van der Waals surface area contributed by atoms with Gasteiger partial charge in [-0.1, -0.05) is 42.5 Å². The Labute approximate surface area is 241 Å². The summed E-state index contributed by atoms with van der Waals surface area (Å²) in [5.41, 5.74) is -0.281. The van der Waals surface area contributed by atoms with Crippen LogP contribution in [0.4, 0.5) is 0 Å². The maximum atomic E-state index is 14.3. The van der Waals surface area contributed by atoms with Crippen molar-refractivity contribution in [2.24, 2.45) is 11.8 Å². The van der Waals surface area contributed by atoms with Crippen LogP contribution in [0.15, 0.2) is 55.6 Å². The summed E-state index contributed by atoms with van der Waals surface area (Å²) >= 11 is 0. The number of nitrogens with zero attached hydrogens (tertiary/aromatic N) is 2. The first kappa shape index (κ1) is 30.5. The summed E-state index contributed by atoms with van der Waals surface area (Å²) in [5.74, 6) is -3.25. The maximum Gasteiger partial charge on any atom is 0.312 e. The molecule has 222 valence electrons. The van der Waals surface area contributed by atoms with Gasteiger partial charge in [0.2, 0.25) is 17.7 Å². The lowest BCUT2D eigenvalue weighted by Crippen LogP contribution is -2.58. The van der Waals surface area contributed by atoms with Crippen molar-refractivity contribution in [3.63, 3.8) is 0 Å². The van der Waals surface area contributed by atoms with Gasteiger partial charge in [-0.15, -0.1) is 13.2 Å². The SMILES string of the molecule is C=CCCC(=O)NC[C@@H](C)OC(=O)[C@@H]1[C@H]2C(=O)N([C@H](C)CO)[C@H](C(=O)N(CC=C)Cc3ccccc3)[C@]23CC[C@H]1O3. The van der Waals surface area contributed by atoms with Crippen molar-refractivity contribution in [3.8, 4) is 0 Å². The lowest BCUT2D eigenvalue weighted by Gasteiger charge is -2.38. The molecule has 0 aromatic heterocycles. The smallest absolute Gasteiger partial charge is 0.312 e. The molecule has 1 spiro atoms. The van der Waals surface area contributed by atoms with Gasteiger partial charge in [-0.2, -0.15) is 0 Å². The van der Waals surface area contributed by atoms with E-state index < -0.39 is 53.6 Å². The number of hydrogen-bond donors (Lipinski definition) is 2. The lowest BCUT2D eigenvalue weighted by molar-refractivity contribution is -0.160. The minimum atomic E-state index is -1.20. The largest absolute Gasteiger partial charge is 0.460 e. The van der Waals surface area contributed by atoms with Gasteiger partial charge in [-0.05, 0) is 38.7 Å². The molecule has 2 bridgehead atoms. The molecule has 0 saturated carbocycles. The molecular weight excluding hydrogens is 526 g/mol. The molecule has 10 nitrogen and oxygen atoms in total. The molecule has 7 atom stereocenters. The Morgan fingerprint density at radius 1 is 1.24 bits per heavy atom. The monoisotopic (exact) mass is 567 g/mol. The van der Waals surface area contributed by atoms with Crippen molar-refractivity contribution in [1.29, 1.82) is 0 Å². The van der Waals surface area contributed by atoms with Crippen molar-refractivity contribution < 1.29 is 33.8 Å². The standard InChI is InChI=1S/C31H41N3O7/c1-5-7-13-24(36)32-17-21(4)40-30(39)25-23-14-15-31(41-23)26(25)28(37)34(20(3)19-35)27(31)29(38)33(16-6-2)18-22-11-9-8-10-12-22/h5-6,8-12,20-21,23,25-27,35H,1-2,7,13-19H2,3-4H3,(H,32,36)/t20-,21-,23-,25+,26+,27-,31+/m1/s1. The molecule has 3 fully saturated rings. The zero-order valence-corrected chi connectivity index (χ0v) is 23.9. The van der Waals surface area contributed by atoms with Gasteiger partial charge in [-0.3, -0.25) is 19.2 Å². The van der Waals surface area contributed by atoms with Crippen LogP contribution in [0.5, 0.6) is 0 Å². The number of aliphatic hydroxyl groups is 1. The van der Waals surface area contributed by atoms with Gasteiger partial charge in [0.05, 0.1) is 37.1 Å². The second-order valence-electron chi connectivity index (χ2n) is 11.2. The molecule has 10 heteroatoms. The van der Waals surface area contributed by atoms with Gasteiger partial charge in [0.1, 0.15) is 17.7 Å². The van der Waals surface area contributed by atoms with Gasteiger partial charge in [-0.25, -0.2) is 0 Å². The van der Waals surface area contributed by atoms with Gasteiger partial charge in [0.25, 0.3) is 0 Å². The number of benzene rings is 1. The maximum absolute atomic E-state index is 14.3. The Kier molecular flexibility index (Phi) is 9.65. The predicted octanol–water partition coefficient (Wildman–Crippen LogP) is 1.97. The van der Waals surface area contributed by atoms with Gasteiger partial charge < -0.3 is 29.7 Å². The third-order valence-electron chi connectivity index (χ3n) is 8.34. The van der Waals surface area contributed by atoms with E-state index in [9.17, 15) is 24.3 Å².